The van der Waals surface area contributed by atoms with E-state index in [0.29, 0.717) is 10.0 Å². The highest BCUT2D eigenvalue weighted by molar-refractivity contribution is 9.10. The summed E-state index contributed by atoms with van der Waals surface area (Å²) in [5, 5.41) is 0.159. The Labute approximate surface area is 102 Å². The Hall–Kier alpha value is -0.120. The van der Waals surface area contributed by atoms with Gasteiger partial charge >= 0.3 is 0 Å². The molecule has 0 aliphatic heterocycles. The van der Waals surface area contributed by atoms with Crippen molar-refractivity contribution >= 4 is 27.5 Å². The molecule has 0 bridgehead atoms. The quantitative estimate of drug-likeness (QED) is 0.782. The predicted octanol–water partition coefficient (Wildman–Crippen LogP) is 3.84. The molecule has 1 saturated carbocycles. The molecule has 1 nitrogen and oxygen atoms in total. The van der Waals surface area contributed by atoms with Crippen molar-refractivity contribution in [1.29, 1.82) is 0 Å². The van der Waals surface area contributed by atoms with Gasteiger partial charge in [0, 0.05) is 16.4 Å². The van der Waals surface area contributed by atoms with Crippen LogP contribution < -0.4 is 5.73 Å². The number of rotatable bonds is 1. The molecule has 15 heavy (non-hydrogen) atoms. The summed E-state index contributed by atoms with van der Waals surface area (Å²) in [5.74, 6) is -0.205. The Bertz CT molecular complexity index is 383. The number of hydrogen-bond acceptors (Lipinski definition) is 1. The molecule has 0 saturated heterocycles. The molecule has 0 heterocycles. The first kappa shape index (κ1) is 11.4. The van der Waals surface area contributed by atoms with Gasteiger partial charge in [-0.25, -0.2) is 4.39 Å². The van der Waals surface area contributed by atoms with Crippen molar-refractivity contribution in [2.24, 2.45) is 5.73 Å². The van der Waals surface area contributed by atoms with Gasteiger partial charge in [0.25, 0.3) is 0 Å². The topological polar surface area (TPSA) is 26.0 Å². The van der Waals surface area contributed by atoms with Crippen molar-refractivity contribution in [3.05, 3.63) is 33.0 Å². The lowest BCUT2D eigenvalue weighted by molar-refractivity contribution is 0.549. The summed E-state index contributed by atoms with van der Waals surface area (Å²) in [6.45, 7) is 0. The molecule has 1 aromatic rings. The van der Waals surface area contributed by atoms with E-state index in [0.717, 1.165) is 19.3 Å². The van der Waals surface area contributed by atoms with Crippen LogP contribution in [0.25, 0.3) is 0 Å². The maximum absolute atomic E-state index is 13.9. The van der Waals surface area contributed by atoms with Crippen molar-refractivity contribution in [3.63, 3.8) is 0 Å². The third-order valence-electron chi connectivity index (χ3n) is 3.03. The van der Waals surface area contributed by atoms with E-state index in [1.54, 1.807) is 12.1 Å². The molecule has 1 aliphatic carbocycles. The summed E-state index contributed by atoms with van der Waals surface area (Å²) in [7, 11) is 0. The van der Waals surface area contributed by atoms with Crippen LogP contribution in [0.15, 0.2) is 16.6 Å². The maximum Gasteiger partial charge on any atom is 0.146 e. The summed E-state index contributed by atoms with van der Waals surface area (Å²) in [6, 6.07) is 3.63. The van der Waals surface area contributed by atoms with Crippen LogP contribution in [-0.2, 0) is 0 Å². The molecule has 1 fully saturated rings. The van der Waals surface area contributed by atoms with Gasteiger partial charge in [-0.3, -0.25) is 0 Å². The fourth-order valence-corrected chi connectivity index (χ4v) is 2.68. The van der Waals surface area contributed by atoms with Crippen LogP contribution in [0.1, 0.15) is 30.7 Å². The van der Waals surface area contributed by atoms with Gasteiger partial charge in [-0.1, -0.05) is 24.1 Å². The molecule has 1 aliphatic rings. The zero-order chi connectivity index (χ0) is 11.0. The van der Waals surface area contributed by atoms with Gasteiger partial charge in [0.05, 0.1) is 5.02 Å². The molecule has 0 spiro atoms. The molecule has 2 N–H and O–H groups in total. The molecule has 82 valence electrons. The Morgan fingerprint density at radius 3 is 2.73 bits per heavy atom. The lowest BCUT2D eigenvalue weighted by Crippen LogP contribution is -2.23. The second-order valence-corrected chi connectivity index (χ2v) is 5.20. The van der Waals surface area contributed by atoms with Crippen molar-refractivity contribution in [1.82, 2.24) is 0 Å². The average molecular weight is 293 g/mol. The van der Waals surface area contributed by atoms with E-state index in [4.69, 9.17) is 17.3 Å². The molecule has 1 aromatic carbocycles. The third kappa shape index (κ3) is 2.05. The molecular formula is C11H12BrClFN. The van der Waals surface area contributed by atoms with Crippen LogP contribution in [0.4, 0.5) is 4.39 Å². The van der Waals surface area contributed by atoms with Gasteiger partial charge in [-0.05, 0) is 40.4 Å². The summed E-state index contributed by atoms with van der Waals surface area (Å²) in [4.78, 5) is 0. The van der Waals surface area contributed by atoms with E-state index in [2.05, 4.69) is 15.9 Å². The Kier molecular flexibility index (Phi) is 3.33. The SMILES string of the molecule is NC1CCCC1c1ccc(Br)c(Cl)c1F. The van der Waals surface area contributed by atoms with Crippen LogP contribution in [0, 0.1) is 5.82 Å². The number of benzene rings is 1. The van der Waals surface area contributed by atoms with Crippen molar-refractivity contribution in [2.75, 3.05) is 0 Å². The smallest absolute Gasteiger partial charge is 0.146 e. The normalized spacial score (nSPS) is 25.9. The zero-order valence-corrected chi connectivity index (χ0v) is 10.5. The summed E-state index contributed by atoms with van der Waals surface area (Å²) < 4.78 is 14.5. The lowest BCUT2D eigenvalue weighted by Gasteiger charge is -2.17. The highest BCUT2D eigenvalue weighted by atomic mass is 79.9. The second kappa shape index (κ2) is 4.40. The highest BCUT2D eigenvalue weighted by Crippen LogP contribution is 2.38. The molecule has 4 heteroatoms. The molecule has 0 radical (unpaired) electrons. The summed E-state index contributed by atoms with van der Waals surface area (Å²) in [5.41, 5.74) is 6.61. The van der Waals surface area contributed by atoms with Crippen molar-refractivity contribution in [2.45, 2.75) is 31.2 Å². The second-order valence-electron chi connectivity index (χ2n) is 3.97. The van der Waals surface area contributed by atoms with Crippen molar-refractivity contribution < 1.29 is 4.39 Å². The van der Waals surface area contributed by atoms with Gasteiger partial charge in [0.15, 0.2) is 0 Å². The predicted molar refractivity (Wildman–Crippen MR) is 63.7 cm³/mol. The first-order chi connectivity index (χ1) is 7.11. The van der Waals surface area contributed by atoms with Crippen LogP contribution in [0.3, 0.4) is 0 Å². The van der Waals surface area contributed by atoms with Gasteiger partial charge in [0.1, 0.15) is 5.82 Å². The standard InChI is InChI=1S/C11H12BrClFN/c12-8-5-4-7(11(14)10(8)13)6-2-1-3-9(6)15/h4-6,9H,1-3,15H2. The minimum atomic E-state index is -0.326. The monoisotopic (exact) mass is 291 g/mol. The fourth-order valence-electron chi connectivity index (χ4n) is 2.20. The third-order valence-corrected chi connectivity index (χ3v) is 4.29. The van der Waals surface area contributed by atoms with Crippen LogP contribution in [-0.4, -0.2) is 6.04 Å². The lowest BCUT2D eigenvalue weighted by atomic mass is 9.94. The maximum atomic E-state index is 13.9. The van der Waals surface area contributed by atoms with E-state index in [1.807, 2.05) is 0 Å². The molecule has 2 atom stereocenters. The van der Waals surface area contributed by atoms with Gasteiger partial charge in [0.2, 0.25) is 0 Å². The van der Waals surface area contributed by atoms with Crippen LogP contribution >= 0.6 is 27.5 Å². The molecule has 2 unspecified atom stereocenters. The van der Waals surface area contributed by atoms with Gasteiger partial charge < -0.3 is 5.73 Å². The van der Waals surface area contributed by atoms with E-state index < -0.39 is 0 Å². The van der Waals surface area contributed by atoms with Gasteiger partial charge in [-0.15, -0.1) is 0 Å². The fraction of sp³-hybridized carbons (Fsp3) is 0.455. The zero-order valence-electron chi connectivity index (χ0n) is 8.14. The van der Waals surface area contributed by atoms with E-state index in [-0.39, 0.29) is 22.8 Å². The molecule has 0 amide bonds. The average Bonchev–Trinajstić information content (AvgIpc) is 2.62. The highest BCUT2D eigenvalue weighted by Gasteiger charge is 2.28. The number of halogens is 3. The minimum absolute atomic E-state index is 0.0664. The summed E-state index contributed by atoms with van der Waals surface area (Å²) in [6.07, 6.45) is 2.99. The number of hydrogen-bond donors (Lipinski definition) is 1. The van der Waals surface area contributed by atoms with E-state index in [1.165, 1.54) is 0 Å². The van der Waals surface area contributed by atoms with Crippen molar-refractivity contribution in [3.8, 4) is 0 Å². The van der Waals surface area contributed by atoms with E-state index in [9.17, 15) is 4.39 Å². The number of nitrogens with two attached hydrogens (primary N) is 1. The van der Waals surface area contributed by atoms with Crippen LogP contribution in [0.5, 0.6) is 0 Å². The van der Waals surface area contributed by atoms with E-state index >= 15 is 0 Å². The first-order valence-corrected chi connectivity index (χ1v) is 6.17. The first-order valence-electron chi connectivity index (χ1n) is 5.00. The largest absolute Gasteiger partial charge is 0.327 e. The minimum Gasteiger partial charge on any atom is -0.327 e. The Morgan fingerprint density at radius 1 is 1.40 bits per heavy atom. The Balaban J connectivity index is 2.40. The Morgan fingerprint density at radius 2 is 2.13 bits per heavy atom. The van der Waals surface area contributed by atoms with Gasteiger partial charge in [-0.2, -0.15) is 0 Å². The summed E-state index contributed by atoms with van der Waals surface area (Å²) >= 11 is 9.05. The molecule has 0 aromatic heterocycles. The molecular weight excluding hydrogens is 280 g/mol. The van der Waals surface area contributed by atoms with Crippen LogP contribution in [0.2, 0.25) is 5.02 Å². The molecule has 2 rings (SSSR count).